The summed E-state index contributed by atoms with van der Waals surface area (Å²) in [5.74, 6) is -0.114. The number of ether oxygens (including phenoxy) is 4. The largest absolute Gasteiger partial charge is 0.494 e. The highest BCUT2D eigenvalue weighted by Gasteiger charge is 2.42. The molecule has 3 N–H and O–H groups in total. The standard InChI is InChI=1S/C27H33N3O8/c1-5-35-19-11-9-17(10-12-19)16-36-25(33)29-23(28)18-7-6-8-20(13-18)37-21-14-22(24(31)32)30(15-21)26(34)38-27(2,3)4/h6-13,21-22H,5,14-16H2,1-4H3,(H,31,32)(H2,28,29,33). The van der Waals surface area contributed by atoms with Gasteiger partial charge < -0.3 is 29.8 Å². The first-order chi connectivity index (χ1) is 17.9. The van der Waals surface area contributed by atoms with Crippen molar-refractivity contribution in [2.24, 2.45) is 10.7 Å². The van der Waals surface area contributed by atoms with Crippen LogP contribution < -0.4 is 15.2 Å². The predicted molar refractivity (Wildman–Crippen MR) is 138 cm³/mol. The van der Waals surface area contributed by atoms with Gasteiger partial charge in [0, 0.05) is 12.0 Å². The number of amidine groups is 1. The van der Waals surface area contributed by atoms with Crippen molar-refractivity contribution < 1.29 is 38.4 Å². The third kappa shape index (κ3) is 8.12. The van der Waals surface area contributed by atoms with Crippen LogP contribution in [0.3, 0.4) is 0 Å². The molecule has 1 aliphatic rings. The average molecular weight is 528 g/mol. The van der Waals surface area contributed by atoms with Crippen molar-refractivity contribution in [3.8, 4) is 11.5 Å². The molecule has 2 atom stereocenters. The third-order valence-electron chi connectivity index (χ3n) is 5.42. The molecule has 1 heterocycles. The van der Waals surface area contributed by atoms with Crippen molar-refractivity contribution in [1.82, 2.24) is 4.90 Å². The van der Waals surface area contributed by atoms with E-state index in [0.717, 1.165) is 16.2 Å². The van der Waals surface area contributed by atoms with E-state index in [2.05, 4.69) is 4.99 Å². The second kappa shape index (κ2) is 12.3. The van der Waals surface area contributed by atoms with Gasteiger partial charge in [-0.2, -0.15) is 4.99 Å². The molecule has 204 valence electrons. The first-order valence-corrected chi connectivity index (χ1v) is 12.2. The van der Waals surface area contributed by atoms with E-state index < -0.39 is 35.9 Å². The van der Waals surface area contributed by atoms with Crippen molar-refractivity contribution in [1.29, 1.82) is 0 Å². The lowest BCUT2D eigenvalue weighted by molar-refractivity contribution is -0.142. The first kappa shape index (κ1) is 28.3. The van der Waals surface area contributed by atoms with Crippen LogP contribution in [0.4, 0.5) is 9.59 Å². The van der Waals surface area contributed by atoms with Crippen LogP contribution in [0.1, 0.15) is 45.2 Å². The van der Waals surface area contributed by atoms with Gasteiger partial charge in [-0.05, 0) is 57.5 Å². The lowest BCUT2D eigenvalue weighted by Gasteiger charge is -2.26. The minimum Gasteiger partial charge on any atom is -0.494 e. The minimum atomic E-state index is -1.14. The average Bonchev–Trinajstić information content (AvgIpc) is 3.27. The fourth-order valence-electron chi connectivity index (χ4n) is 3.75. The summed E-state index contributed by atoms with van der Waals surface area (Å²) in [5, 5.41) is 9.58. The fraction of sp³-hybridized carbons (Fsp3) is 0.407. The number of rotatable bonds is 8. The Kier molecular flexibility index (Phi) is 9.16. The van der Waals surface area contributed by atoms with Crippen LogP contribution >= 0.6 is 0 Å². The molecular formula is C27H33N3O8. The maximum absolute atomic E-state index is 12.5. The number of aliphatic imine (C=N–C) groups is 1. The van der Waals surface area contributed by atoms with Gasteiger partial charge >= 0.3 is 18.2 Å². The van der Waals surface area contributed by atoms with Gasteiger partial charge in [-0.25, -0.2) is 14.4 Å². The fourth-order valence-corrected chi connectivity index (χ4v) is 3.75. The van der Waals surface area contributed by atoms with Gasteiger partial charge in [0.05, 0.1) is 13.2 Å². The number of nitrogens with zero attached hydrogens (tertiary/aromatic N) is 2. The van der Waals surface area contributed by atoms with E-state index in [1.807, 2.05) is 6.92 Å². The SMILES string of the molecule is CCOc1ccc(COC(=O)/N=C(/N)c2cccc(OC3CC(C(=O)O)N(C(=O)OC(C)(C)C)C3)c2)cc1. The molecule has 1 fully saturated rings. The number of carbonyl (C=O) groups is 3. The van der Waals surface area contributed by atoms with Gasteiger partial charge in [-0.15, -0.1) is 0 Å². The zero-order valence-corrected chi connectivity index (χ0v) is 21.9. The number of amides is 2. The molecule has 2 amide bonds. The molecule has 2 aromatic rings. The molecule has 3 rings (SSSR count). The van der Waals surface area contributed by atoms with Crippen molar-refractivity contribution in [3.05, 3.63) is 59.7 Å². The highest BCUT2D eigenvalue weighted by Crippen LogP contribution is 2.26. The Labute approximate surface area is 221 Å². The second-order valence-corrected chi connectivity index (χ2v) is 9.62. The predicted octanol–water partition coefficient (Wildman–Crippen LogP) is 3.97. The lowest BCUT2D eigenvalue weighted by Crippen LogP contribution is -2.43. The summed E-state index contributed by atoms with van der Waals surface area (Å²) in [6.07, 6.45) is -2.07. The molecule has 0 aliphatic carbocycles. The summed E-state index contributed by atoms with van der Waals surface area (Å²) < 4.78 is 21.8. The van der Waals surface area contributed by atoms with Gasteiger partial charge in [-0.1, -0.05) is 24.3 Å². The van der Waals surface area contributed by atoms with Gasteiger partial charge in [0.25, 0.3) is 0 Å². The molecule has 1 saturated heterocycles. The number of carboxylic acids is 1. The highest BCUT2D eigenvalue weighted by molar-refractivity contribution is 6.03. The van der Waals surface area contributed by atoms with E-state index in [9.17, 15) is 19.5 Å². The molecule has 2 aromatic carbocycles. The van der Waals surface area contributed by atoms with Crippen LogP contribution in [0.25, 0.3) is 0 Å². The Bertz CT molecular complexity index is 1170. The quantitative estimate of drug-likeness (QED) is 0.384. The summed E-state index contributed by atoms with van der Waals surface area (Å²) in [4.78, 5) is 41.4. The van der Waals surface area contributed by atoms with Crippen LogP contribution in [-0.2, 0) is 20.9 Å². The molecule has 0 radical (unpaired) electrons. The summed E-state index contributed by atoms with van der Waals surface area (Å²) in [5.41, 5.74) is 6.42. The Hall–Kier alpha value is -4.28. The van der Waals surface area contributed by atoms with Crippen molar-refractivity contribution >= 4 is 24.0 Å². The Morgan fingerprint density at radius 3 is 2.45 bits per heavy atom. The number of carbonyl (C=O) groups excluding carboxylic acids is 2. The van der Waals surface area contributed by atoms with Gasteiger partial charge in [0.1, 0.15) is 41.7 Å². The first-order valence-electron chi connectivity index (χ1n) is 12.2. The smallest absolute Gasteiger partial charge is 0.435 e. The number of hydrogen-bond acceptors (Lipinski definition) is 7. The molecule has 1 aliphatic heterocycles. The van der Waals surface area contributed by atoms with E-state index in [-0.39, 0.29) is 25.4 Å². The van der Waals surface area contributed by atoms with E-state index >= 15 is 0 Å². The lowest BCUT2D eigenvalue weighted by atomic mass is 10.2. The zero-order valence-electron chi connectivity index (χ0n) is 21.9. The van der Waals surface area contributed by atoms with Crippen LogP contribution in [0.2, 0.25) is 0 Å². The Balaban J connectivity index is 1.61. The van der Waals surface area contributed by atoms with Gasteiger partial charge in [0.2, 0.25) is 0 Å². The topological polar surface area (TPSA) is 150 Å². The maximum atomic E-state index is 12.5. The van der Waals surface area contributed by atoms with E-state index in [1.165, 1.54) is 0 Å². The number of benzene rings is 2. The number of aliphatic carboxylic acids is 1. The molecule has 38 heavy (non-hydrogen) atoms. The monoisotopic (exact) mass is 527 g/mol. The van der Waals surface area contributed by atoms with Crippen LogP contribution in [0.5, 0.6) is 11.5 Å². The molecule has 2 unspecified atom stereocenters. The molecular weight excluding hydrogens is 494 g/mol. The Morgan fingerprint density at radius 1 is 1.11 bits per heavy atom. The molecule has 11 heteroatoms. The molecule has 0 spiro atoms. The van der Waals surface area contributed by atoms with Gasteiger partial charge in [-0.3, -0.25) is 4.90 Å². The van der Waals surface area contributed by atoms with E-state index in [0.29, 0.717) is 17.9 Å². The van der Waals surface area contributed by atoms with Crippen molar-refractivity contribution in [2.75, 3.05) is 13.2 Å². The van der Waals surface area contributed by atoms with E-state index in [1.54, 1.807) is 69.3 Å². The highest BCUT2D eigenvalue weighted by atomic mass is 16.6. The van der Waals surface area contributed by atoms with Crippen molar-refractivity contribution in [2.45, 2.75) is 58.5 Å². The zero-order chi connectivity index (χ0) is 27.9. The maximum Gasteiger partial charge on any atom is 0.435 e. The number of nitrogens with two attached hydrogens (primary N) is 1. The third-order valence-corrected chi connectivity index (χ3v) is 5.42. The molecule has 0 aromatic heterocycles. The van der Waals surface area contributed by atoms with Crippen molar-refractivity contribution in [3.63, 3.8) is 0 Å². The molecule has 0 saturated carbocycles. The van der Waals surface area contributed by atoms with Crippen LogP contribution in [-0.4, -0.2) is 64.9 Å². The summed E-state index contributed by atoms with van der Waals surface area (Å²) >= 11 is 0. The normalized spacial score (nSPS) is 17.6. The molecule has 0 bridgehead atoms. The van der Waals surface area contributed by atoms with Crippen LogP contribution in [0, 0.1) is 0 Å². The number of hydrogen-bond donors (Lipinski definition) is 2. The van der Waals surface area contributed by atoms with Gasteiger partial charge in [0.15, 0.2) is 0 Å². The summed E-state index contributed by atoms with van der Waals surface area (Å²) in [6.45, 7) is 7.63. The number of likely N-dealkylation sites (tertiary alicyclic amines) is 1. The van der Waals surface area contributed by atoms with E-state index in [4.69, 9.17) is 24.7 Å². The van der Waals surface area contributed by atoms with Crippen LogP contribution in [0.15, 0.2) is 53.5 Å². The summed E-state index contributed by atoms with van der Waals surface area (Å²) in [7, 11) is 0. The summed E-state index contributed by atoms with van der Waals surface area (Å²) in [6, 6.07) is 12.6. The molecule has 11 nitrogen and oxygen atoms in total. The minimum absolute atomic E-state index is 0.0196. The second-order valence-electron chi connectivity index (χ2n) is 9.62. The number of carboxylic acid groups (broad SMARTS) is 1. The Morgan fingerprint density at radius 2 is 1.82 bits per heavy atom.